The summed E-state index contributed by atoms with van der Waals surface area (Å²) >= 11 is 0. The first kappa shape index (κ1) is 15.8. The van der Waals surface area contributed by atoms with Crippen LogP contribution in [0.1, 0.15) is 43.6 Å². The standard InChI is InChI=1S/C20H22O3/c21-14-13-20(22)12-5-4-11-19(20)16-7-6-10-18(15-16)23-17-8-2-1-3-9-17/h1-3,6-10,14-15,19,22H,4-5,11-13H2. The van der Waals surface area contributed by atoms with Gasteiger partial charge in [0.2, 0.25) is 0 Å². The molecule has 2 atom stereocenters. The summed E-state index contributed by atoms with van der Waals surface area (Å²) in [6.45, 7) is 0. The molecule has 0 spiro atoms. The van der Waals surface area contributed by atoms with Gasteiger partial charge in [0.1, 0.15) is 17.8 Å². The first-order valence-electron chi connectivity index (χ1n) is 8.20. The number of para-hydroxylation sites is 1. The van der Waals surface area contributed by atoms with Crippen LogP contribution in [0.15, 0.2) is 54.6 Å². The lowest BCUT2D eigenvalue weighted by atomic mass is 9.70. The Morgan fingerprint density at radius 3 is 2.65 bits per heavy atom. The molecule has 3 rings (SSSR count). The van der Waals surface area contributed by atoms with Crippen LogP contribution in [-0.2, 0) is 4.79 Å². The summed E-state index contributed by atoms with van der Waals surface area (Å²) in [6, 6.07) is 17.5. The molecule has 0 aliphatic heterocycles. The fourth-order valence-electron chi connectivity index (χ4n) is 3.51. The molecule has 3 heteroatoms. The molecule has 2 aromatic rings. The van der Waals surface area contributed by atoms with Crippen LogP contribution in [0.5, 0.6) is 11.5 Å². The molecule has 1 aliphatic carbocycles. The number of aldehydes is 1. The summed E-state index contributed by atoms with van der Waals surface area (Å²) in [7, 11) is 0. The number of carbonyl (C=O) groups excluding carboxylic acids is 1. The minimum atomic E-state index is -0.925. The summed E-state index contributed by atoms with van der Waals surface area (Å²) in [6.07, 6.45) is 4.67. The van der Waals surface area contributed by atoms with Gasteiger partial charge in [-0.3, -0.25) is 0 Å². The van der Waals surface area contributed by atoms with Crippen molar-refractivity contribution in [2.45, 2.75) is 43.6 Å². The molecule has 0 bridgehead atoms. The normalized spacial score (nSPS) is 24.1. The Morgan fingerprint density at radius 2 is 1.87 bits per heavy atom. The smallest absolute Gasteiger partial charge is 0.127 e. The SMILES string of the molecule is O=CCC1(O)CCCCC1c1cccc(Oc2ccccc2)c1. The van der Waals surface area contributed by atoms with E-state index in [0.717, 1.165) is 42.6 Å². The molecule has 1 N–H and O–H groups in total. The van der Waals surface area contributed by atoms with Crippen LogP contribution in [0.3, 0.4) is 0 Å². The van der Waals surface area contributed by atoms with Crippen molar-refractivity contribution in [3.8, 4) is 11.5 Å². The van der Waals surface area contributed by atoms with E-state index in [-0.39, 0.29) is 12.3 Å². The third-order valence-electron chi connectivity index (χ3n) is 4.68. The van der Waals surface area contributed by atoms with Gasteiger partial charge in [-0.05, 0) is 42.7 Å². The Kier molecular flexibility index (Phi) is 4.77. The fourth-order valence-corrected chi connectivity index (χ4v) is 3.51. The van der Waals surface area contributed by atoms with Gasteiger partial charge in [-0.15, -0.1) is 0 Å². The van der Waals surface area contributed by atoms with E-state index < -0.39 is 5.60 Å². The lowest BCUT2D eigenvalue weighted by molar-refractivity contribution is -0.114. The quantitative estimate of drug-likeness (QED) is 0.830. The van der Waals surface area contributed by atoms with E-state index in [0.29, 0.717) is 6.42 Å². The second-order valence-corrected chi connectivity index (χ2v) is 6.26. The summed E-state index contributed by atoms with van der Waals surface area (Å²) in [5.74, 6) is 1.53. The molecule has 2 aromatic carbocycles. The minimum absolute atomic E-state index is 0.0132. The van der Waals surface area contributed by atoms with Crippen LogP contribution in [-0.4, -0.2) is 17.0 Å². The van der Waals surface area contributed by atoms with E-state index in [4.69, 9.17) is 4.74 Å². The fraction of sp³-hybridized carbons (Fsp3) is 0.350. The van der Waals surface area contributed by atoms with Gasteiger partial charge in [0.25, 0.3) is 0 Å². The largest absolute Gasteiger partial charge is 0.457 e. The number of ether oxygens (including phenoxy) is 1. The second kappa shape index (κ2) is 6.97. The summed E-state index contributed by atoms with van der Waals surface area (Å²) < 4.78 is 5.89. The van der Waals surface area contributed by atoms with E-state index in [1.54, 1.807) is 0 Å². The van der Waals surface area contributed by atoms with Crippen molar-refractivity contribution in [2.24, 2.45) is 0 Å². The number of benzene rings is 2. The average molecular weight is 310 g/mol. The van der Waals surface area contributed by atoms with Crippen LogP contribution in [0.4, 0.5) is 0 Å². The molecule has 0 amide bonds. The zero-order valence-electron chi connectivity index (χ0n) is 13.2. The van der Waals surface area contributed by atoms with Gasteiger partial charge in [-0.25, -0.2) is 0 Å². The van der Waals surface area contributed by atoms with Gasteiger partial charge in [0.15, 0.2) is 0 Å². The molecule has 1 aliphatic rings. The molecule has 0 heterocycles. The van der Waals surface area contributed by atoms with Crippen LogP contribution >= 0.6 is 0 Å². The van der Waals surface area contributed by atoms with Crippen molar-refractivity contribution in [1.82, 2.24) is 0 Å². The van der Waals surface area contributed by atoms with Gasteiger partial charge in [-0.2, -0.15) is 0 Å². The lowest BCUT2D eigenvalue weighted by Gasteiger charge is -2.39. The zero-order valence-corrected chi connectivity index (χ0v) is 13.2. The van der Waals surface area contributed by atoms with E-state index in [2.05, 4.69) is 0 Å². The van der Waals surface area contributed by atoms with Crippen molar-refractivity contribution in [3.05, 3.63) is 60.2 Å². The summed E-state index contributed by atoms with van der Waals surface area (Å²) in [5.41, 5.74) is 0.119. The maximum atomic E-state index is 11.0. The van der Waals surface area contributed by atoms with Crippen LogP contribution in [0, 0.1) is 0 Å². The van der Waals surface area contributed by atoms with Gasteiger partial charge in [0, 0.05) is 12.3 Å². The van der Waals surface area contributed by atoms with Crippen molar-refractivity contribution in [3.63, 3.8) is 0 Å². The first-order valence-corrected chi connectivity index (χ1v) is 8.20. The lowest BCUT2D eigenvalue weighted by Crippen LogP contribution is -2.39. The van der Waals surface area contributed by atoms with Gasteiger partial charge in [0.05, 0.1) is 5.60 Å². The van der Waals surface area contributed by atoms with E-state index in [9.17, 15) is 9.90 Å². The third kappa shape index (κ3) is 3.62. The van der Waals surface area contributed by atoms with Crippen LogP contribution in [0.25, 0.3) is 0 Å². The Morgan fingerprint density at radius 1 is 1.09 bits per heavy atom. The van der Waals surface area contributed by atoms with E-state index >= 15 is 0 Å². The Bertz CT molecular complexity index is 653. The predicted molar refractivity (Wildman–Crippen MR) is 89.8 cm³/mol. The topological polar surface area (TPSA) is 46.5 Å². The number of aliphatic hydroxyl groups is 1. The van der Waals surface area contributed by atoms with Gasteiger partial charge >= 0.3 is 0 Å². The summed E-state index contributed by atoms with van der Waals surface area (Å²) in [4.78, 5) is 11.0. The van der Waals surface area contributed by atoms with Crippen molar-refractivity contribution in [1.29, 1.82) is 0 Å². The van der Waals surface area contributed by atoms with Gasteiger partial charge < -0.3 is 14.6 Å². The molecular weight excluding hydrogens is 288 g/mol. The molecule has 1 fully saturated rings. The van der Waals surface area contributed by atoms with Crippen LogP contribution < -0.4 is 4.74 Å². The number of hydrogen-bond acceptors (Lipinski definition) is 3. The molecule has 3 nitrogen and oxygen atoms in total. The maximum Gasteiger partial charge on any atom is 0.127 e. The monoisotopic (exact) mass is 310 g/mol. The minimum Gasteiger partial charge on any atom is -0.457 e. The Labute approximate surface area is 136 Å². The van der Waals surface area contributed by atoms with Crippen molar-refractivity contribution in [2.75, 3.05) is 0 Å². The van der Waals surface area contributed by atoms with Crippen molar-refractivity contribution < 1.29 is 14.6 Å². The highest BCUT2D eigenvalue weighted by molar-refractivity contribution is 5.52. The van der Waals surface area contributed by atoms with Gasteiger partial charge in [-0.1, -0.05) is 43.2 Å². The number of hydrogen-bond donors (Lipinski definition) is 1. The first-order chi connectivity index (χ1) is 11.2. The molecular formula is C20H22O3. The molecule has 120 valence electrons. The number of carbonyl (C=O) groups is 1. The van der Waals surface area contributed by atoms with Crippen LogP contribution in [0.2, 0.25) is 0 Å². The highest BCUT2D eigenvalue weighted by Gasteiger charge is 2.39. The zero-order chi connectivity index (χ0) is 16.1. The Balaban J connectivity index is 1.84. The van der Waals surface area contributed by atoms with Crippen molar-refractivity contribution >= 4 is 6.29 Å². The highest BCUT2D eigenvalue weighted by Crippen LogP contribution is 2.43. The second-order valence-electron chi connectivity index (χ2n) is 6.26. The molecule has 0 aromatic heterocycles. The number of rotatable bonds is 5. The van der Waals surface area contributed by atoms with E-state index in [1.165, 1.54) is 0 Å². The van der Waals surface area contributed by atoms with E-state index in [1.807, 2.05) is 54.6 Å². The Hall–Kier alpha value is -2.13. The third-order valence-corrected chi connectivity index (χ3v) is 4.68. The molecule has 2 unspecified atom stereocenters. The summed E-state index contributed by atoms with van der Waals surface area (Å²) in [5, 5.41) is 10.9. The molecule has 23 heavy (non-hydrogen) atoms. The molecule has 0 radical (unpaired) electrons. The maximum absolute atomic E-state index is 11.0. The average Bonchev–Trinajstić information content (AvgIpc) is 2.56. The highest BCUT2D eigenvalue weighted by atomic mass is 16.5. The molecule has 1 saturated carbocycles. The predicted octanol–water partition coefficient (Wildman–Crippen LogP) is 4.46. The molecule has 0 saturated heterocycles.